The topological polar surface area (TPSA) is 42.1 Å². The molecule has 2 unspecified atom stereocenters. The Bertz CT molecular complexity index is 613. The van der Waals surface area contributed by atoms with Crippen LogP contribution in [0.4, 0.5) is 0 Å². The van der Waals surface area contributed by atoms with E-state index < -0.39 is 0 Å². The molecule has 1 aromatic heterocycles. The number of nitrogens with two attached hydrogens (primary N) is 1. The van der Waals surface area contributed by atoms with Crippen LogP contribution in [0.25, 0.3) is 10.9 Å². The second-order valence-electron chi connectivity index (χ2n) is 6.30. The highest BCUT2D eigenvalue weighted by Gasteiger charge is 2.38. The van der Waals surface area contributed by atoms with Gasteiger partial charge in [0.1, 0.15) is 0 Å². The first-order valence-corrected chi connectivity index (χ1v) is 8.01. The van der Waals surface area contributed by atoms with Gasteiger partial charge in [0.15, 0.2) is 0 Å². The Morgan fingerprint density at radius 3 is 2.71 bits per heavy atom. The summed E-state index contributed by atoms with van der Waals surface area (Å²) in [6, 6.07) is 10.4. The zero-order valence-corrected chi connectivity index (χ0v) is 13.0. The van der Waals surface area contributed by atoms with Crippen LogP contribution in [0.15, 0.2) is 36.5 Å². The van der Waals surface area contributed by atoms with Crippen molar-refractivity contribution in [3.8, 4) is 0 Å². The zero-order valence-electron chi connectivity index (χ0n) is 13.0. The standard InChI is InChI=1S/C18H25N3/c1-3-18(2,21-12-4-5-13-21)17(19)15-8-6-10-16-14(15)9-7-11-20-16/h6-11,17H,3-5,12-13,19H2,1-2H3. The van der Waals surface area contributed by atoms with E-state index in [1.165, 1.54) is 36.9 Å². The molecule has 0 radical (unpaired) electrons. The van der Waals surface area contributed by atoms with Crippen molar-refractivity contribution in [3.05, 3.63) is 42.1 Å². The molecule has 1 aliphatic rings. The lowest BCUT2D eigenvalue weighted by atomic mass is 9.82. The van der Waals surface area contributed by atoms with Crippen molar-refractivity contribution >= 4 is 10.9 Å². The van der Waals surface area contributed by atoms with Gasteiger partial charge in [-0.25, -0.2) is 0 Å². The molecule has 2 N–H and O–H groups in total. The second-order valence-corrected chi connectivity index (χ2v) is 6.30. The minimum Gasteiger partial charge on any atom is -0.322 e. The summed E-state index contributed by atoms with van der Waals surface area (Å²) in [6.45, 7) is 6.90. The fourth-order valence-corrected chi connectivity index (χ4v) is 3.60. The van der Waals surface area contributed by atoms with Crippen LogP contribution in [0.5, 0.6) is 0 Å². The first-order valence-electron chi connectivity index (χ1n) is 8.01. The maximum Gasteiger partial charge on any atom is 0.0705 e. The van der Waals surface area contributed by atoms with Crippen LogP contribution in [0.3, 0.4) is 0 Å². The Morgan fingerprint density at radius 1 is 1.24 bits per heavy atom. The second kappa shape index (κ2) is 5.74. The third kappa shape index (κ3) is 2.45. The highest BCUT2D eigenvalue weighted by Crippen LogP contribution is 2.37. The lowest BCUT2D eigenvalue weighted by molar-refractivity contribution is 0.101. The molecule has 3 heteroatoms. The maximum absolute atomic E-state index is 6.76. The number of pyridine rings is 1. The molecule has 3 rings (SSSR count). The summed E-state index contributed by atoms with van der Waals surface area (Å²) in [5, 5.41) is 1.19. The highest BCUT2D eigenvalue weighted by molar-refractivity contribution is 5.82. The third-order valence-electron chi connectivity index (χ3n) is 5.23. The summed E-state index contributed by atoms with van der Waals surface area (Å²) < 4.78 is 0. The number of fused-ring (bicyclic) bond motifs is 1. The van der Waals surface area contributed by atoms with E-state index in [1.807, 2.05) is 12.3 Å². The summed E-state index contributed by atoms with van der Waals surface area (Å²) in [5.41, 5.74) is 9.03. The Balaban J connectivity index is 2.04. The quantitative estimate of drug-likeness (QED) is 0.934. The van der Waals surface area contributed by atoms with Crippen LogP contribution in [0.1, 0.15) is 44.7 Å². The number of rotatable bonds is 4. The number of likely N-dealkylation sites (tertiary alicyclic amines) is 1. The van der Waals surface area contributed by atoms with Gasteiger partial charge in [-0.15, -0.1) is 0 Å². The Labute approximate surface area is 127 Å². The van der Waals surface area contributed by atoms with Gasteiger partial charge in [-0.2, -0.15) is 0 Å². The molecule has 1 aliphatic heterocycles. The summed E-state index contributed by atoms with van der Waals surface area (Å²) in [4.78, 5) is 7.04. The highest BCUT2D eigenvalue weighted by atomic mass is 15.2. The van der Waals surface area contributed by atoms with E-state index in [-0.39, 0.29) is 11.6 Å². The SMILES string of the molecule is CCC(C)(C(N)c1cccc2ncccc12)N1CCCC1. The van der Waals surface area contributed by atoms with Crippen LogP contribution >= 0.6 is 0 Å². The average molecular weight is 283 g/mol. The van der Waals surface area contributed by atoms with E-state index in [4.69, 9.17) is 5.73 Å². The van der Waals surface area contributed by atoms with Crippen molar-refractivity contribution in [1.29, 1.82) is 0 Å². The Morgan fingerprint density at radius 2 is 2.00 bits per heavy atom. The molecule has 0 bridgehead atoms. The molecule has 0 saturated carbocycles. The van der Waals surface area contributed by atoms with Crippen molar-refractivity contribution in [2.24, 2.45) is 5.73 Å². The van der Waals surface area contributed by atoms with Crippen molar-refractivity contribution in [3.63, 3.8) is 0 Å². The largest absolute Gasteiger partial charge is 0.322 e. The third-order valence-corrected chi connectivity index (χ3v) is 5.23. The Kier molecular flexibility index (Phi) is 3.96. The van der Waals surface area contributed by atoms with Gasteiger partial charge in [0.05, 0.1) is 5.52 Å². The molecule has 2 heterocycles. The van der Waals surface area contributed by atoms with Crippen molar-refractivity contribution in [2.75, 3.05) is 13.1 Å². The normalized spacial score (nSPS) is 20.5. The van der Waals surface area contributed by atoms with E-state index in [2.05, 4.69) is 48.0 Å². The number of hydrogen-bond donors (Lipinski definition) is 1. The van der Waals surface area contributed by atoms with E-state index in [0.29, 0.717) is 0 Å². The molecule has 1 aromatic carbocycles. The smallest absolute Gasteiger partial charge is 0.0705 e. The zero-order chi connectivity index (χ0) is 14.9. The first-order chi connectivity index (χ1) is 10.2. The van der Waals surface area contributed by atoms with Crippen LogP contribution in [0, 0.1) is 0 Å². The molecule has 2 aromatic rings. The number of aromatic nitrogens is 1. The van der Waals surface area contributed by atoms with Gasteiger partial charge in [-0.1, -0.05) is 25.1 Å². The maximum atomic E-state index is 6.76. The van der Waals surface area contributed by atoms with Crippen LogP contribution < -0.4 is 5.73 Å². The molecule has 21 heavy (non-hydrogen) atoms. The van der Waals surface area contributed by atoms with Gasteiger partial charge in [-0.3, -0.25) is 9.88 Å². The monoisotopic (exact) mass is 283 g/mol. The molecule has 112 valence electrons. The lowest BCUT2D eigenvalue weighted by Gasteiger charge is -2.43. The fraction of sp³-hybridized carbons (Fsp3) is 0.500. The fourth-order valence-electron chi connectivity index (χ4n) is 3.60. The molecular formula is C18H25N3. The van der Waals surface area contributed by atoms with Gasteiger partial charge in [0, 0.05) is 23.2 Å². The summed E-state index contributed by atoms with van der Waals surface area (Å²) in [6.07, 6.45) is 5.49. The molecule has 0 amide bonds. The van der Waals surface area contributed by atoms with Gasteiger partial charge in [-0.05, 0) is 57.0 Å². The number of hydrogen-bond acceptors (Lipinski definition) is 3. The van der Waals surface area contributed by atoms with Crippen molar-refractivity contribution < 1.29 is 0 Å². The molecule has 0 spiro atoms. The van der Waals surface area contributed by atoms with Gasteiger partial charge in [0.25, 0.3) is 0 Å². The lowest BCUT2D eigenvalue weighted by Crippen LogP contribution is -2.51. The van der Waals surface area contributed by atoms with Gasteiger partial charge < -0.3 is 5.73 Å². The summed E-state index contributed by atoms with van der Waals surface area (Å²) >= 11 is 0. The van der Waals surface area contributed by atoms with Gasteiger partial charge in [0.2, 0.25) is 0 Å². The molecule has 0 aliphatic carbocycles. The first kappa shape index (κ1) is 14.5. The molecule has 2 atom stereocenters. The molecule has 3 nitrogen and oxygen atoms in total. The number of benzene rings is 1. The predicted molar refractivity (Wildman–Crippen MR) is 88.2 cm³/mol. The van der Waals surface area contributed by atoms with Crippen LogP contribution in [-0.4, -0.2) is 28.5 Å². The van der Waals surface area contributed by atoms with Gasteiger partial charge >= 0.3 is 0 Å². The van der Waals surface area contributed by atoms with E-state index in [9.17, 15) is 0 Å². The minimum atomic E-state index is 0.00787. The predicted octanol–water partition coefficient (Wildman–Crippen LogP) is 3.50. The van der Waals surface area contributed by atoms with Crippen LogP contribution in [-0.2, 0) is 0 Å². The van der Waals surface area contributed by atoms with Crippen LogP contribution in [0.2, 0.25) is 0 Å². The molecule has 1 fully saturated rings. The average Bonchev–Trinajstić information content (AvgIpc) is 3.08. The molecular weight excluding hydrogens is 258 g/mol. The van der Waals surface area contributed by atoms with E-state index >= 15 is 0 Å². The molecule has 1 saturated heterocycles. The Hall–Kier alpha value is -1.45. The van der Waals surface area contributed by atoms with E-state index in [1.54, 1.807) is 0 Å². The van der Waals surface area contributed by atoms with Crippen molar-refractivity contribution in [2.45, 2.75) is 44.7 Å². The number of nitrogens with zero attached hydrogens (tertiary/aromatic N) is 2. The minimum absolute atomic E-state index is 0.00787. The summed E-state index contributed by atoms with van der Waals surface area (Å²) in [7, 11) is 0. The van der Waals surface area contributed by atoms with E-state index in [0.717, 1.165) is 11.9 Å². The van der Waals surface area contributed by atoms with Crippen molar-refractivity contribution in [1.82, 2.24) is 9.88 Å². The summed E-state index contributed by atoms with van der Waals surface area (Å²) in [5.74, 6) is 0.